The van der Waals surface area contributed by atoms with Crippen molar-refractivity contribution in [3.05, 3.63) is 47.5 Å². The van der Waals surface area contributed by atoms with Gasteiger partial charge in [0.15, 0.2) is 11.5 Å². The highest BCUT2D eigenvalue weighted by atomic mass is 16.7. The van der Waals surface area contributed by atoms with Gasteiger partial charge >= 0.3 is 0 Å². The van der Waals surface area contributed by atoms with Crippen LogP contribution in [0.2, 0.25) is 0 Å². The molecule has 0 radical (unpaired) electrons. The Morgan fingerprint density at radius 2 is 1.18 bits per heavy atom. The summed E-state index contributed by atoms with van der Waals surface area (Å²) in [5.74, 6) is -0.598. The third-order valence-corrected chi connectivity index (χ3v) is 6.56. The van der Waals surface area contributed by atoms with Gasteiger partial charge in [-0.25, -0.2) is 0 Å². The Morgan fingerprint density at radius 3 is 1.73 bits per heavy atom. The van der Waals surface area contributed by atoms with E-state index in [9.17, 15) is 51.1 Å². The van der Waals surface area contributed by atoms with Crippen LogP contribution in [0.25, 0.3) is 12.2 Å². The van der Waals surface area contributed by atoms with Crippen LogP contribution in [0, 0.1) is 0 Å². The maximum absolute atomic E-state index is 10.4. The summed E-state index contributed by atoms with van der Waals surface area (Å²) in [6.45, 7) is -1.26. The van der Waals surface area contributed by atoms with Crippen LogP contribution in [-0.2, 0) is 9.47 Å². The van der Waals surface area contributed by atoms with Gasteiger partial charge in [0, 0.05) is 6.07 Å². The molecule has 40 heavy (non-hydrogen) atoms. The first-order valence-electron chi connectivity index (χ1n) is 12.3. The summed E-state index contributed by atoms with van der Waals surface area (Å²) in [5.41, 5.74) is 0.916. The first-order valence-corrected chi connectivity index (χ1v) is 12.3. The average Bonchev–Trinajstić information content (AvgIpc) is 2.93. The summed E-state index contributed by atoms with van der Waals surface area (Å²) >= 11 is 0. The largest absolute Gasteiger partial charge is 0.508 e. The molecule has 0 amide bonds. The lowest BCUT2D eigenvalue weighted by atomic mass is 9.99. The minimum atomic E-state index is -1.65. The summed E-state index contributed by atoms with van der Waals surface area (Å²) in [4.78, 5) is 0. The third-order valence-electron chi connectivity index (χ3n) is 6.56. The fourth-order valence-corrected chi connectivity index (χ4v) is 4.29. The normalized spacial score (nSPS) is 34.6. The van der Waals surface area contributed by atoms with E-state index in [0.29, 0.717) is 11.1 Å². The van der Waals surface area contributed by atoms with E-state index in [-0.39, 0.29) is 23.0 Å². The summed E-state index contributed by atoms with van der Waals surface area (Å²) in [6.07, 6.45) is -11.8. The fourth-order valence-electron chi connectivity index (χ4n) is 4.29. The van der Waals surface area contributed by atoms with E-state index in [1.807, 2.05) is 0 Å². The van der Waals surface area contributed by atoms with Gasteiger partial charge in [-0.3, -0.25) is 0 Å². The van der Waals surface area contributed by atoms with Crippen LogP contribution < -0.4 is 9.47 Å². The second-order valence-electron chi connectivity index (χ2n) is 9.45. The third kappa shape index (κ3) is 6.47. The molecule has 0 saturated carbocycles. The molecular weight excluding hydrogens is 536 g/mol. The zero-order chi connectivity index (χ0) is 29.1. The number of hydrogen-bond acceptors (Lipinski definition) is 14. The number of hydrogen-bond donors (Lipinski definition) is 10. The van der Waals surface area contributed by atoms with Gasteiger partial charge < -0.3 is 70.0 Å². The van der Waals surface area contributed by atoms with Crippen LogP contribution in [0.5, 0.6) is 23.0 Å². The Balaban J connectivity index is 1.44. The number of aromatic hydroxyl groups is 2. The number of benzene rings is 2. The zero-order valence-corrected chi connectivity index (χ0v) is 20.9. The minimum absolute atomic E-state index is 0.0510. The molecule has 14 heteroatoms. The van der Waals surface area contributed by atoms with Gasteiger partial charge in [-0.2, -0.15) is 0 Å². The topological polar surface area (TPSA) is 239 Å². The molecule has 0 spiro atoms. The van der Waals surface area contributed by atoms with Crippen LogP contribution in [0.15, 0.2) is 36.4 Å². The Labute approximate surface area is 227 Å². The lowest BCUT2D eigenvalue weighted by Crippen LogP contribution is -2.60. The minimum Gasteiger partial charge on any atom is -0.508 e. The Morgan fingerprint density at radius 1 is 0.625 bits per heavy atom. The first-order chi connectivity index (χ1) is 19.0. The second-order valence-corrected chi connectivity index (χ2v) is 9.45. The van der Waals surface area contributed by atoms with Crippen molar-refractivity contribution in [1.29, 1.82) is 0 Å². The molecule has 2 aromatic carbocycles. The summed E-state index contributed by atoms with van der Waals surface area (Å²) in [5, 5.41) is 99.1. The van der Waals surface area contributed by atoms with Gasteiger partial charge in [-0.05, 0) is 35.4 Å². The molecule has 2 saturated heterocycles. The molecule has 0 aliphatic carbocycles. The molecule has 0 aromatic heterocycles. The summed E-state index contributed by atoms with van der Waals surface area (Å²) < 4.78 is 21.6. The smallest absolute Gasteiger partial charge is 0.229 e. The zero-order valence-electron chi connectivity index (χ0n) is 20.9. The van der Waals surface area contributed by atoms with E-state index in [2.05, 4.69) is 0 Å². The van der Waals surface area contributed by atoms with Gasteiger partial charge in [-0.15, -0.1) is 0 Å². The maximum atomic E-state index is 10.4. The van der Waals surface area contributed by atoms with E-state index in [1.165, 1.54) is 30.3 Å². The Bertz CT molecular complexity index is 1170. The standard InChI is InChI=1S/C26H32O14/c27-9-17-19(31)21(33)23(35)25(39-17)37-14-6-12(5-13(29)8-14)2-1-11-3-4-16(15(30)7-11)38-26-24(36)22(34)20(32)18(10-28)40-26/h1-8,17-36H,9-10H2/b2-1+/t17-,18-,19-,20-,21+,22+,23-,24-,25-,26-/m1/s1. The van der Waals surface area contributed by atoms with Crippen molar-refractivity contribution >= 4 is 12.2 Å². The van der Waals surface area contributed by atoms with Crippen LogP contribution in [0.3, 0.4) is 0 Å². The van der Waals surface area contributed by atoms with Crippen LogP contribution in [-0.4, -0.2) is 126 Å². The van der Waals surface area contributed by atoms with Crippen molar-refractivity contribution in [3.8, 4) is 23.0 Å². The first kappa shape index (κ1) is 30.0. The molecule has 2 aromatic rings. The summed E-state index contributed by atoms with van der Waals surface area (Å²) in [7, 11) is 0. The van der Waals surface area contributed by atoms with Crippen molar-refractivity contribution in [1.82, 2.24) is 0 Å². The molecule has 10 atom stereocenters. The molecule has 14 nitrogen and oxygen atoms in total. The monoisotopic (exact) mass is 568 g/mol. The molecule has 220 valence electrons. The van der Waals surface area contributed by atoms with Crippen molar-refractivity contribution in [3.63, 3.8) is 0 Å². The quantitative estimate of drug-likeness (QED) is 0.150. The second kappa shape index (κ2) is 12.7. The molecule has 4 rings (SSSR count). The number of phenols is 2. The number of aliphatic hydroxyl groups excluding tert-OH is 8. The summed E-state index contributed by atoms with van der Waals surface area (Å²) in [6, 6.07) is 8.34. The number of rotatable bonds is 8. The highest BCUT2D eigenvalue weighted by Gasteiger charge is 2.46. The lowest BCUT2D eigenvalue weighted by Gasteiger charge is -2.39. The maximum Gasteiger partial charge on any atom is 0.229 e. The van der Waals surface area contributed by atoms with Crippen LogP contribution >= 0.6 is 0 Å². The van der Waals surface area contributed by atoms with E-state index >= 15 is 0 Å². The van der Waals surface area contributed by atoms with Crippen molar-refractivity contribution in [2.24, 2.45) is 0 Å². The Kier molecular flexibility index (Phi) is 9.48. The number of phenolic OH excluding ortho intramolecular Hbond substituents is 2. The van der Waals surface area contributed by atoms with Crippen molar-refractivity contribution in [2.75, 3.05) is 13.2 Å². The van der Waals surface area contributed by atoms with Crippen LogP contribution in [0.4, 0.5) is 0 Å². The van der Waals surface area contributed by atoms with Crippen LogP contribution in [0.1, 0.15) is 11.1 Å². The van der Waals surface area contributed by atoms with Gasteiger partial charge in [0.1, 0.15) is 60.3 Å². The highest BCUT2D eigenvalue weighted by molar-refractivity contribution is 5.72. The van der Waals surface area contributed by atoms with Gasteiger partial charge in [0.05, 0.1) is 13.2 Å². The fraction of sp³-hybridized carbons (Fsp3) is 0.462. The van der Waals surface area contributed by atoms with E-state index < -0.39 is 74.6 Å². The number of ether oxygens (including phenoxy) is 4. The molecule has 10 N–H and O–H groups in total. The molecule has 2 aliphatic heterocycles. The van der Waals surface area contributed by atoms with Gasteiger partial charge in [0.2, 0.25) is 12.6 Å². The van der Waals surface area contributed by atoms with E-state index in [4.69, 9.17) is 18.9 Å². The molecule has 0 bridgehead atoms. The molecule has 2 fully saturated rings. The van der Waals surface area contributed by atoms with E-state index in [1.54, 1.807) is 18.2 Å². The highest BCUT2D eigenvalue weighted by Crippen LogP contribution is 2.32. The van der Waals surface area contributed by atoms with Gasteiger partial charge in [-0.1, -0.05) is 18.2 Å². The molecule has 2 heterocycles. The predicted octanol–water partition coefficient (Wildman–Crippen LogP) is -2.37. The van der Waals surface area contributed by atoms with Crippen molar-refractivity contribution < 1.29 is 70.0 Å². The van der Waals surface area contributed by atoms with Gasteiger partial charge in [0.25, 0.3) is 0 Å². The molecule has 0 unspecified atom stereocenters. The predicted molar refractivity (Wildman–Crippen MR) is 134 cm³/mol. The number of aliphatic hydroxyl groups is 8. The average molecular weight is 569 g/mol. The Hall–Kier alpha value is -3.02. The molecular formula is C26H32O14. The van der Waals surface area contributed by atoms with Crippen molar-refractivity contribution in [2.45, 2.75) is 61.4 Å². The molecule has 2 aliphatic rings. The SMILES string of the molecule is OC[C@H]1O[C@@H](Oc2cc(O)cc(/C=C/c3ccc(O[C@@H]4O[C@H](CO)[C@@H](O)[C@H](O)[C@H]4O)c(O)c3)c2)[C@H](O)[C@@H](O)[C@@H]1O. The van der Waals surface area contributed by atoms with E-state index in [0.717, 1.165) is 0 Å². The lowest BCUT2D eigenvalue weighted by molar-refractivity contribution is -0.277.